The first-order valence-electron chi connectivity index (χ1n) is 7.33. The van der Waals surface area contributed by atoms with Gasteiger partial charge >= 0.3 is 0 Å². The number of nitrogens with zero attached hydrogens (tertiary/aromatic N) is 1. The van der Waals surface area contributed by atoms with Crippen molar-refractivity contribution < 1.29 is 9.47 Å². The quantitative estimate of drug-likeness (QED) is 0.858. The Bertz CT molecular complexity index is 597. The Kier molecular flexibility index (Phi) is 4.11. The molecule has 1 unspecified atom stereocenters. The van der Waals surface area contributed by atoms with Gasteiger partial charge in [-0.15, -0.1) is 0 Å². The van der Waals surface area contributed by atoms with E-state index in [1.807, 2.05) is 36.4 Å². The minimum atomic E-state index is 0.0956. The molecule has 21 heavy (non-hydrogen) atoms. The third-order valence-electron chi connectivity index (χ3n) is 3.93. The highest BCUT2D eigenvalue weighted by atomic mass is 16.5. The topological polar surface area (TPSA) is 21.7 Å². The second-order valence-electron chi connectivity index (χ2n) is 5.51. The van der Waals surface area contributed by atoms with Crippen LogP contribution in [0.25, 0.3) is 0 Å². The molecule has 1 atom stereocenters. The Morgan fingerprint density at radius 2 is 1.86 bits per heavy atom. The number of methoxy groups -OCH3 is 1. The van der Waals surface area contributed by atoms with Gasteiger partial charge in [-0.2, -0.15) is 0 Å². The van der Waals surface area contributed by atoms with Gasteiger partial charge in [-0.1, -0.05) is 24.3 Å². The zero-order chi connectivity index (χ0) is 14.7. The second kappa shape index (κ2) is 6.19. The summed E-state index contributed by atoms with van der Waals surface area (Å²) in [4.78, 5) is 2.33. The van der Waals surface area contributed by atoms with Gasteiger partial charge in [0, 0.05) is 19.5 Å². The Morgan fingerprint density at radius 1 is 1.05 bits per heavy atom. The number of rotatable bonds is 3. The minimum absolute atomic E-state index is 0.0956. The van der Waals surface area contributed by atoms with Gasteiger partial charge in [0.2, 0.25) is 0 Å². The average molecular weight is 283 g/mol. The van der Waals surface area contributed by atoms with Crippen LogP contribution in [0.15, 0.2) is 48.5 Å². The fourth-order valence-corrected chi connectivity index (χ4v) is 2.81. The van der Waals surface area contributed by atoms with Crippen LogP contribution in [0.5, 0.6) is 11.5 Å². The van der Waals surface area contributed by atoms with Gasteiger partial charge in [-0.3, -0.25) is 0 Å². The van der Waals surface area contributed by atoms with Gasteiger partial charge in [0.05, 0.1) is 7.11 Å². The summed E-state index contributed by atoms with van der Waals surface area (Å²) in [7, 11) is 3.86. The van der Waals surface area contributed by atoms with Crippen molar-refractivity contribution >= 4 is 0 Å². The van der Waals surface area contributed by atoms with E-state index in [4.69, 9.17) is 9.47 Å². The standard InChI is InChI=1S/C18H21NO2/c1-19-11-10-18(21-15-6-4-3-5-7-15)17-9-8-16(20-2)12-14(17)13-19/h3-9,12,18H,10-11,13H2,1-2H3. The molecule has 0 radical (unpaired) electrons. The first kappa shape index (κ1) is 14.0. The van der Waals surface area contributed by atoms with E-state index >= 15 is 0 Å². The van der Waals surface area contributed by atoms with E-state index in [2.05, 4.69) is 24.1 Å². The Hall–Kier alpha value is -2.00. The monoisotopic (exact) mass is 283 g/mol. The van der Waals surface area contributed by atoms with Crippen LogP contribution in [0.3, 0.4) is 0 Å². The normalized spacial score (nSPS) is 18.7. The molecule has 0 aromatic heterocycles. The summed E-state index contributed by atoms with van der Waals surface area (Å²) >= 11 is 0. The van der Waals surface area contributed by atoms with E-state index in [-0.39, 0.29) is 6.10 Å². The molecule has 1 aliphatic heterocycles. The smallest absolute Gasteiger partial charge is 0.125 e. The highest BCUT2D eigenvalue weighted by molar-refractivity contribution is 5.38. The predicted octanol–water partition coefficient (Wildman–Crippen LogP) is 3.65. The van der Waals surface area contributed by atoms with E-state index in [0.717, 1.165) is 31.0 Å². The molecular weight excluding hydrogens is 262 g/mol. The maximum Gasteiger partial charge on any atom is 0.125 e. The fourth-order valence-electron chi connectivity index (χ4n) is 2.81. The zero-order valence-electron chi connectivity index (χ0n) is 12.6. The highest BCUT2D eigenvalue weighted by Gasteiger charge is 2.22. The summed E-state index contributed by atoms with van der Waals surface area (Å²) in [5.41, 5.74) is 2.55. The predicted molar refractivity (Wildman–Crippen MR) is 83.8 cm³/mol. The molecule has 3 nitrogen and oxygen atoms in total. The SMILES string of the molecule is COc1ccc2c(c1)CN(C)CCC2Oc1ccccc1. The van der Waals surface area contributed by atoms with Crippen LogP contribution in [-0.4, -0.2) is 25.6 Å². The van der Waals surface area contributed by atoms with Crippen molar-refractivity contribution in [2.45, 2.75) is 19.1 Å². The van der Waals surface area contributed by atoms with Crippen molar-refractivity contribution in [3.8, 4) is 11.5 Å². The number of para-hydroxylation sites is 1. The van der Waals surface area contributed by atoms with Crippen LogP contribution in [0, 0.1) is 0 Å². The van der Waals surface area contributed by atoms with Crippen LogP contribution < -0.4 is 9.47 Å². The van der Waals surface area contributed by atoms with Crippen LogP contribution in [-0.2, 0) is 6.54 Å². The molecule has 2 aromatic rings. The van der Waals surface area contributed by atoms with Crippen molar-refractivity contribution in [1.29, 1.82) is 0 Å². The lowest BCUT2D eigenvalue weighted by Crippen LogP contribution is -2.18. The molecule has 0 fully saturated rings. The van der Waals surface area contributed by atoms with Crippen LogP contribution in [0.4, 0.5) is 0 Å². The molecule has 1 heterocycles. The maximum absolute atomic E-state index is 6.22. The maximum atomic E-state index is 6.22. The van der Waals surface area contributed by atoms with Crippen LogP contribution in [0.1, 0.15) is 23.7 Å². The van der Waals surface area contributed by atoms with E-state index in [0.29, 0.717) is 0 Å². The molecular formula is C18H21NO2. The molecule has 3 rings (SSSR count). The first-order valence-corrected chi connectivity index (χ1v) is 7.33. The lowest BCUT2D eigenvalue weighted by molar-refractivity contribution is 0.182. The van der Waals surface area contributed by atoms with Crippen LogP contribution in [0.2, 0.25) is 0 Å². The molecule has 0 saturated carbocycles. The van der Waals surface area contributed by atoms with Gasteiger partial charge in [-0.25, -0.2) is 0 Å². The third-order valence-corrected chi connectivity index (χ3v) is 3.93. The summed E-state index contributed by atoms with van der Waals surface area (Å²) < 4.78 is 11.6. The Labute approximate surface area is 126 Å². The van der Waals surface area contributed by atoms with E-state index in [9.17, 15) is 0 Å². The highest BCUT2D eigenvalue weighted by Crippen LogP contribution is 2.32. The van der Waals surface area contributed by atoms with E-state index < -0.39 is 0 Å². The van der Waals surface area contributed by atoms with Crippen molar-refractivity contribution in [3.63, 3.8) is 0 Å². The molecule has 110 valence electrons. The molecule has 0 aliphatic carbocycles. The van der Waals surface area contributed by atoms with Gasteiger partial charge in [-0.05, 0) is 42.4 Å². The fraction of sp³-hybridized carbons (Fsp3) is 0.333. The summed E-state index contributed by atoms with van der Waals surface area (Å²) in [6.07, 6.45) is 1.09. The van der Waals surface area contributed by atoms with Crippen molar-refractivity contribution in [1.82, 2.24) is 4.90 Å². The van der Waals surface area contributed by atoms with Crippen LogP contribution >= 0.6 is 0 Å². The lowest BCUT2D eigenvalue weighted by atomic mass is 10.0. The molecule has 0 saturated heterocycles. The number of hydrogen-bond donors (Lipinski definition) is 0. The first-order chi connectivity index (χ1) is 10.3. The number of benzene rings is 2. The largest absolute Gasteiger partial charge is 0.497 e. The molecule has 0 bridgehead atoms. The number of hydrogen-bond acceptors (Lipinski definition) is 3. The molecule has 0 spiro atoms. The average Bonchev–Trinajstić information content (AvgIpc) is 2.67. The molecule has 0 N–H and O–H groups in total. The molecule has 3 heteroatoms. The summed E-state index contributed by atoms with van der Waals surface area (Å²) in [5, 5.41) is 0. The Balaban J connectivity index is 1.91. The number of fused-ring (bicyclic) bond motifs is 1. The van der Waals surface area contributed by atoms with Gasteiger partial charge in [0.25, 0.3) is 0 Å². The van der Waals surface area contributed by atoms with Gasteiger partial charge < -0.3 is 14.4 Å². The second-order valence-corrected chi connectivity index (χ2v) is 5.51. The van der Waals surface area contributed by atoms with Crippen molar-refractivity contribution in [2.75, 3.05) is 20.7 Å². The van der Waals surface area contributed by atoms with E-state index in [1.165, 1.54) is 11.1 Å². The van der Waals surface area contributed by atoms with Crippen molar-refractivity contribution in [3.05, 3.63) is 59.7 Å². The molecule has 2 aromatic carbocycles. The zero-order valence-corrected chi connectivity index (χ0v) is 12.6. The van der Waals surface area contributed by atoms with Crippen molar-refractivity contribution in [2.24, 2.45) is 0 Å². The summed E-state index contributed by atoms with van der Waals surface area (Å²) in [5.74, 6) is 1.83. The van der Waals surface area contributed by atoms with Gasteiger partial charge in [0.15, 0.2) is 0 Å². The van der Waals surface area contributed by atoms with E-state index in [1.54, 1.807) is 7.11 Å². The lowest BCUT2D eigenvalue weighted by Gasteiger charge is -2.20. The summed E-state index contributed by atoms with van der Waals surface area (Å²) in [6, 6.07) is 16.3. The number of ether oxygens (including phenoxy) is 2. The summed E-state index contributed by atoms with van der Waals surface area (Å²) in [6.45, 7) is 1.95. The van der Waals surface area contributed by atoms with Gasteiger partial charge in [0.1, 0.15) is 17.6 Å². The minimum Gasteiger partial charge on any atom is -0.497 e. The molecule has 0 amide bonds. The molecule has 1 aliphatic rings. The third kappa shape index (κ3) is 3.19. The Morgan fingerprint density at radius 3 is 2.62 bits per heavy atom.